The molecular formula is C16H14FN5O2. The number of halogens is 1. The number of aromatic nitrogens is 3. The third kappa shape index (κ3) is 3.07. The summed E-state index contributed by atoms with van der Waals surface area (Å²) >= 11 is 0. The number of hydrogen-bond donors (Lipinski definition) is 1. The zero-order valence-corrected chi connectivity index (χ0v) is 12.8. The Morgan fingerprint density at radius 2 is 1.96 bits per heavy atom. The van der Waals surface area contributed by atoms with Gasteiger partial charge in [-0.05, 0) is 23.8 Å². The number of nitro groups is 1. The summed E-state index contributed by atoms with van der Waals surface area (Å²) in [5, 5.41) is 14.2. The lowest BCUT2D eigenvalue weighted by Crippen LogP contribution is -2.18. The van der Waals surface area contributed by atoms with Crippen LogP contribution < -0.4 is 5.32 Å². The van der Waals surface area contributed by atoms with Gasteiger partial charge in [0.05, 0.1) is 4.92 Å². The quantitative estimate of drug-likeness (QED) is 0.575. The Balaban J connectivity index is 2.05. The lowest BCUT2D eigenvalue weighted by atomic mass is 10.1. The van der Waals surface area contributed by atoms with Crippen LogP contribution in [0.1, 0.15) is 17.4 Å². The van der Waals surface area contributed by atoms with E-state index in [0.717, 1.165) is 0 Å². The maximum atomic E-state index is 13.2. The molecular weight excluding hydrogens is 313 g/mol. The summed E-state index contributed by atoms with van der Waals surface area (Å²) in [6.07, 6.45) is 4.86. The molecule has 0 fully saturated rings. The lowest BCUT2D eigenvalue weighted by molar-refractivity contribution is -0.384. The van der Waals surface area contributed by atoms with Crippen molar-refractivity contribution in [1.82, 2.24) is 14.5 Å². The molecule has 0 saturated heterocycles. The number of nitrogens with one attached hydrogen (secondary N) is 1. The fraction of sp³-hybridized carbons (Fsp3) is 0.125. The van der Waals surface area contributed by atoms with Crippen LogP contribution in [0.3, 0.4) is 0 Å². The van der Waals surface area contributed by atoms with E-state index in [1.165, 1.54) is 30.5 Å². The molecule has 1 atom stereocenters. The highest BCUT2D eigenvalue weighted by molar-refractivity contribution is 5.57. The van der Waals surface area contributed by atoms with Crippen molar-refractivity contribution in [3.8, 4) is 0 Å². The van der Waals surface area contributed by atoms with Crippen LogP contribution in [-0.2, 0) is 7.05 Å². The molecule has 0 saturated carbocycles. The minimum atomic E-state index is -0.515. The van der Waals surface area contributed by atoms with Gasteiger partial charge in [-0.15, -0.1) is 0 Å². The monoisotopic (exact) mass is 327 g/mol. The van der Waals surface area contributed by atoms with Gasteiger partial charge in [0.15, 0.2) is 0 Å². The molecule has 1 aromatic carbocycles. The number of imidazole rings is 1. The van der Waals surface area contributed by atoms with Crippen molar-refractivity contribution < 1.29 is 9.31 Å². The number of benzene rings is 1. The van der Waals surface area contributed by atoms with Gasteiger partial charge in [-0.25, -0.2) is 14.4 Å². The van der Waals surface area contributed by atoms with Crippen molar-refractivity contribution in [3.05, 3.63) is 82.3 Å². The molecule has 7 nitrogen and oxygen atoms in total. The van der Waals surface area contributed by atoms with E-state index in [1.807, 2.05) is 7.05 Å². The molecule has 0 radical (unpaired) electrons. The van der Waals surface area contributed by atoms with E-state index in [9.17, 15) is 14.5 Å². The molecule has 0 aliphatic rings. The highest BCUT2D eigenvalue weighted by atomic mass is 19.1. The molecule has 122 valence electrons. The van der Waals surface area contributed by atoms with Crippen LogP contribution in [0.4, 0.5) is 15.9 Å². The summed E-state index contributed by atoms with van der Waals surface area (Å²) in [7, 11) is 1.81. The largest absolute Gasteiger partial charge is 0.350 e. The first-order chi connectivity index (χ1) is 11.6. The molecule has 3 rings (SSSR count). The predicted molar refractivity (Wildman–Crippen MR) is 86.0 cm³/mol. The minimum Gasteiger partial charge on any atom is -0.350 e. The van der Waals surface area contributed by atoms with Gasteiger partial charge in [0.2, 0.25) is 5.82 Å². The van der Waals surface area contributed by atoms with Crippen LogP contribution in [0.15, 0.2) is 55.0 Å². The molecule has 24 heavy (non-hydrogen) atoms. The Morgan fingerprint density at radius 1 is 1.21 bits per heavy atom. The second-order valence-corrected chi connectivity index (χ2v) is 5.15. The van der Waals surface area contributed by atoms with Gasteiger partial charge < -0.3 is 9.88 Å². The molecule has 2 heterocycles. The Morgan fingerprint density at radius 3 is 2.58 bits per heavy atom. The summed E-state index contributed by atoms with van der Waals surface area (Å²) in [5.74, 6) is 0.391. The minimum absolute atomic E-state index is 0.125. The third-order valence-corrected chi connectivity index (χ3v) is 3.58. The molecule has 2 aromatic heterocycles. The maximum Gasteiger partial charge on any atom is 0.311 e. The summed E-state index contributed by atoms with van der Waals surface area (Å²) in [5.41, 5.74) is 0.574. The van der Waals surface area contributed by atoms with Crippen molar-refractivity contribution in [2.24, 2.45) is 7.05 Å². The van der Waals surface area contributed by atoms with Gasteiger partial charge in [-0.2, -0.15) is 0 Å². The van der Waals surface area contributed by atoms with Gasteiger partial charge in [-0.1, -0.05) is 12.1 Å². The van der Waals surface area contributed by atoms with Crippen molar-refractivity contribution in [2.75, 3.05) is 5.32 Å². The van der Waals surface area contributed by atoms with E-state index >= 15 is 0 Å². The van der Waals surface area contributed by atoms with Crippen LogP contribution in [0, 0.1) is 15.9 Å². The molecule has 0 aliphatic carbocycles. The average molecular weight is 327 g/mol. The maximum absolute atomic E-state index is 13.2. The summed E-state index contributed by atoms with van der Waals surface area (Å²) in [4.78, 5) is 19.0. The fourth-order valence-electron chi connectivity index (χ4n) is 2.40. The van der Waals surface area contributed by atoms with E-state index in [1.54, 1.807) is 29.1 Å². The summed E-state index contributed by atoms with van der Waals surface area (Å²) in [6.45, 7) is 0. The van der Waals surface area contributed by atoms with Gasteiger partial charge in [0.1, 0.15) is 17.7 Å². The van der Waals surface area contributed by atoms with Crippen LogP contribution in [0.2, 0.25) is 0 Å². The Labute approximate surface area is 137 Å². The second kappa shape index (κ2) is 6.45. The highest BCUT2D eigenvalue weighted by Crippen LogP contribution is 2.29. The van der Waals surface area contributed by atoms with Gasteiger partial charge in [0.25, 0.3) is 0 Å². The van der Waals surface area contributed by atoms with Crippen LogP contribution in [0.5, 0.6) is 0 Å². The first-order valence-electron chi connectivity index (χ1n) is 7.15. The van der Waals surface area contributed by atoms with E-state index in [0.29, 0.717) is 11.4 Å². The molecule has 0 unspecified atom stereocenters. The van der Waals surface area contributed by atoms with Crippen LogP contribution in [0.25, 0.3) is 0 Å². The standard InChI is InChI=1S/C16H14FN5O2/c1-21-10-9-19-16(21)14(11-4-6-12(17)7-5-11)20-15-13(22(23)24)3-2-8-18-15/h2-10,14H,1H3,(H,18,20)/t14-/m0/s1. The zero-order chi connectivity index (χ0) is 17.1. The predicted octanol–water partition coefficient (Wildman–Crippen LogP) is 3.06. The van der Waals surface area contributed by atoms with Crippen molar-refractivity contribution in [1.29, 1.82) is 0 Å². The Hall–Kier alpha value is -3.29. The molecule has 0 aliphatic heterocycles. The number of anilines is 1. The Kier molecular flexibility index (Phi) is 4.19. The topological polar surface area (TPSA) is 85.9 Å². The van der Waals surface area contributed by atoms with E-state index in [2.05, 4.69) is 15.3 Å². The number of nitrogens with zero attached hydrogens (tertiary/aromatic N) is 4. The highest BCUT2D eigenvalue weighted by Gasteiger charge is 2.23. The molecule has 1 N–H and O–H groups in total. The third-order valence-electron chi connectivity index (χ3n) is 3.58. The Bertz CT molecular complexity index is 863. The molecule has 8 heteroatoms. The number of rotatable bonds is 5. The van der Waals surface area contributed by atoms with Crippen LogP contribution >= 0.6 is 0 Å². The van der Waals surface area contributed by atoms with Crippen molar-refractivity contribution in [3.63, 3.8) is 0 Å². The fourth-order valence-corrected chi connectivity index (χ4v) is 2.40. The SMILES string of the molecule is Cn1ccnc1[C@@H](Nc1ncccc1[N+](=O)[O-])c1ccc(F)cc1. The average Bonchev–Trinajstić information content (AvgIpc) is 2.99. The van der Waals surface area contributed by atoms with Gasteiger partial charge in [0, 0.05) is 31.7 Å². The lowest BCUT2D eigenvalue weighted by Gasteiger charge is -2.19. The van der Waals surface area contributed by atoms with Gasteiger partial charge in [-0.3, -0.25) is 10.1 Å². The molecule has 0 amide bonds. The van der Waals surface area contributed by atoms with E-state index < -0.39 is 11.0 Å². The van der Waals surface area contributed by atoms with Crippen molar-refractivity contribution in [2.45, 2.75) is 6.04 Å². The number of hydrogen-bond acceptors (Lipinski definition) is 5. The van der Waals surface area contributed by atoms with E-state index in [4.69, 9.17) is 0 Å². The molecule has 3 aromatic rings. The first kappa shape index (κ1) is 15.6. The first-order valence-corrected chi connectivity index (χ1v) is 7.15. The van der Waals surface area contributed by atoms with Crippen LogP contribution in [-0.4, -0.2) is 19.5 Å². The molecule has 0 spiro atoms. The van der Waals surface area contributed by atoms with Crippen molar-refractivity contribution >= 4 is 11.5 Å². The molecule has 0 bridgehead atoms. The summed E-state index contributed by atoms with van der Waals surface area (Å²) in [6, 6.07) is 8.23. The second-order valence-electron chi connectivity index (χ2n) is 5.15. The zero-order valence-electron chi connectivity index (χ0n) is 12.8. The van der Waals surface area contributed by atoms with E-state index in [-0.39, 0.29) is 17.3 Å². The number of pyridine rings is 1. The summed E-state index contributed by atoms with van der Waals surface area (Å²) < 4.78 is 15.0. The normalized spacial score (nSPS) is 11.9. The smallest absolute Gasteiger partial charge is 0.311 e. The number of aryl methyl sites for hydroxylation is 1. The van der Waals surface area contributed by atoms with Gasteiger partial charge >= 0.3 is 5.69 Å².